The Balaban J connectivity index is 0.000000196. The molecule has 6 heteroatoms. The van der Waals surface area contributed by atoms with Crippen LogP contribution >= 0.6 is 0 Å². The van der Waals surface area contributed by atoms with Gasteiger partial charge in [0.05, 0.1) is 6.04 Å². The van der Waals surface area contributed by atoms with Crippen LogP contribution in [0.5, 0.6) is 5.75 Å². The lowest BCUT2D eigenvalue weighted by molar-refractivity contribution is 0.0773. The Hall–Kier alpha value is -5.01. The third-order valence-corrected chi connectivity index (χ3v) is 11.4. The van der Waals surface area contributed by atoms with Crippen LogP contribution in [0.25, 0.3) is 5.57 Å². The van der Waals surface area contributed by atoms with Gasteiger partial charge in [-0.25, -0.2) is 0 Å². The second-order valence-electron chi connectivity index (χ2n) is 16.3. The summed E-state index contributed by atoms with van der Waals surface area (Å²) >= 11 is 0. The molecule has 298 valence electrons. The zero-order chi connectivity index (χ0) is 40.2. The van der Waals surface area contributed by atoms with Crippen molar-refractivity contribution in [2.45, 2.75) is 65.5 Å². The van der Waals surface area contributed by atoms with Gasteiger partial charge in [-0.1, -0.05) is 136 Å². The van der Waals surface area contributed by atoms with Crippen LogP contribution in [0.2, 0.25) is 0 Å². The van der Waals surface area contributed by atoms with E-state index in [0.29, 0.717) is 5.75 Å². The van der Waals surface area contributed by atoms with Crippen LogP contribution in [0.4, 0.5) is 0 Å². The van der Waals surface area contributed by atoms with Crippen molar-refractivity contribution in [2.75, 3.05) is 52.4 Å². The Morgan fingerprint density at radius 2 is 1.26 bits per heavy atom. The Bertz CT molecular complexity index is 2020. The highest BCUT2D eigenvalue weighted by molar-refractivity contribution is 5.95. The number of nitrogens with zero attached hydrogens (tertiary/aromatic N) is 3. The van der Waals surface area contributed by atoms with Crippen molar-refractivity contribution in [3.8, 4) is 5.75 Å². The highest BCUT2D eigenvalue weighted by Crippen LogP contribution is 2.34. The summed E-state index contributed by atoms with van der Waals surface area (Å²) in [5.74, 6) is 0.439. The molecule has 1 amide bonds. The molecule has 2 heterocycles. The van der Waals surface area contributed by atoms with Crippen LogP contribution in [0.1, 0.15) is 97.2 Å². The van der Waals surface area contributed by atoms with Crippen molar-refractivity contribution in [1.29, 1.82) is 0 Å². The first kappa shape index (κ1) is 41.6. The molecule has 1 unspecified atom stereocenters. The van der Waals surface area contributed by atoms with Crippen molar-refractivity contribution in [1.82, 2.24) is 20.0 Å². The van der Waals surface area contributed by atoms with E-state index in [-0.39, 0.29) is 17.4 Å². The molecule has 0 spiro atoms. The fourth-order valence-corrected chi connectivity index (χ4v) is 8.13. The van der Waals surface area contributed by atoms with Gasteiger partial charge in [-0.05, 0) is 108 Å². The minimum atomic E-state index is 0.109. The number of phenolic OH excluding ortho intramolecular Hbond substituents is 1. The summed E-state index contributed by atoms with van der Waals surface area (Å²) in [6.07, 6.45) is 2.15. The number of hydrogen-bond donors (Lipinski definition) is 2. The van der Waals surface area contributed by atoms with Crippen molar-refractivity contribution in [3.05, 3.63) is 178 Å². The first-order valence-corrected chi connectivity index (χ1v) is 20.9. The third-order valence-electron chi connectivity index (χ3n) is 11.4. The predicted octanol–water partition coefficient (Wildman–Crippen LogP) is 9.95. The molecule has 2 fully saturated rings. The molecule has 0 bridgehead atoms. The van der Waals surface area contributed by atoms with Crippen LogP contribution in [0.15, 0.2) is 139 Å². The smallest absolute Gasteiger partial charge is 0.253 e. The lowest BCUT2D eigenvalue weighted by Crippen LogP contribution is -2.47. The molecule has 2 saturated heterocycles. The van der Waals surface area contributed by atoms with Crippen molar-refractivity contribution < 1.29 is 9.90 Å². The summed E-state index contributed by atoms with van der Waals surface area (Å²) in [7, 11) is 0. The van der Waals surface area contributed by atoms with Crippen molar-refractivity contribution in [3.63, 3.8) is 0 Å². The summed E-state index contributed by atoms with van der Waals surface area (Å²) in [6, 6.07) is 46.4. The van der Waals surface area contributed by atoms with Gasteiger partial charge in [-0.15, -0.1) is 0 Å². The van der Waals surface area contributed by atoms with E-state index >= 15 is 0 Å². The number of piperazine rings is 1. The zero-order valence-electron chi connectivity index (χ0n) is 34.8. The SMILES string of the molecule is CC(C)(C)c1ccc(C(c2cccc(O)c2)N2CCN(Cc3ccccc3)CC2)cc1.CCN(CC)C(=O)c1ccc(C(=C2CCNCC2)c2ccccc2)cc1. The number of aromatic hydroxyl groups is 1. The number of benzene rings is 5. The molecular weight excluding hydrogens is 701 g/mol. The van der Waals surface area contributed by atoms with Crippen LogP contribution < -0.4 is 5.32 Å². The Morgan fingerprint density at radius 3 is 1.84 bits per heavy atom. The van der Waals surface area contributed by atoms with Gasteiger partial charge in [0, 0.05) is 51.4 Å². The van der Waals surface area contributed by atoms with E-state index in [0.717, 1.165) is 82.9 Å². The normalized spacial score (nSPS) is 15.6. The van der Waals surface area contributed by atoms with E-state index in [1.807, 2.05) is 43.0 Å². The number of nitrogens with one attached hydrogen (secondary N) is 1. The van der Waals surface area contributed by atoms with Gasteiger partial charge in [0.2, 0.25) is 0 Å². The molecule has 57 heavy (non-hydrogen) atoms. The molecule has 1 atom stereocenters. The van der Waals surface area contributed by atoms with Crippen LogP contribution in [-0.2, 0) is 12.0 Å². The van der Waals surface area contributed by atoms with Crippen LogP contribution in [0, 0.1) is 0 Å². The average Bonchev–Trinajstić information content (AvgIpc) is 3.24. The molecule has 5 aromatic rings. The topological polar surface area (TPSA) is 59.1 Å². The monoisotopic (exact) mass is 762 g/mol. The number of rotatable bonds is 10. The number of amides is 1. The standard InChI is InChI=1S/C28H34N2O.C23H28N2O/c1-28(2,3)25-14-12-23(13-15-25)27(24-10-7-11-26(31)20-24)30-18-16-29(17-19-30)21-22-8-5-4-6-9-22;1-3-25(4-2)23(26)21-12-10-19(11-13-21)22(18-8-6-5-7-9-18)20-14-16-24-17-15-20/h4-15,20,27,31H,16-19,21H2,1-3H3;5-13,24H,3-4,14-17H2,1-2H3. The molecule has 7 rings (SSSR count). The molecule has 2 N–H and O–H groups in total. The van der Waals surface area contributed by atoms with E-state index in [9.17, 15) is 9.90 Å². The van der Waals surface area contributed by atoms with Gasteiger partial charge in [0.25, 0.3) is 5.91 Å². The molecular formula is C51H62N4O2. The number of piperidine rings is 1. The Labute approximate surface area is 341 Å². The summed E-state index contributed by atoms with van der Waals surface area (Å²) in [5.41, 5.74) is 11.3. The molecule has 6 nitrogen and oxygen atoms in total. The zero-order valence-corrected chi connectivity index (χ0v) is 34.8. The first-order chi connectivity index (χ1) is 27.6. The van der Waals surface area contributed by atoms with Gasteiger partial charge in [-0.3, -0.25) is 14.6 Å². The minimum absolute atomic E-state index is 0.109. The molecule has 2 aliphatic heterocycles. The second-order valence-corrected chi connectivity index (χ2v) is 16.3. The van der Waals surface area contributed by atoms with Gasteiger partial charge < -0.3 is 15.3 Å². The highest BCUT2D eigenvalue weighted by atomic mass is 16.3. The van der Waals surface area contributed by atoms with E-state index < -0.39 is 0 Å². The fraction of sp³-hybridized carbons (Fsp3) is 0.353. The van der Waals surface area contributed by atoms with E-state index in [2.05, 4.69) is 139 Å². The molecule has 0 aliphatic carbocycles. The lowest BCUT2D eigenvalue weighted by atomic mass is 9.85. The van der Waals surface area contributed by atoms with Gasteiger partial charge in [0.15, 0.2) is 0 Å². The fourth-order valence-electron chi connectivity index (χ4n) is 8.13. The maximum absolute atomic E-state index is 12.6. The van der Waals surface area contributed by atoms with E-state index in [4.69, 9.17) is 0 Å². The molecule has 2 aliphatic rings. The summed E-state index contributed by atoms with van der Waals surface area (Å²) in [4.78, 5) is 19.5. The number of carbonyl (C=O) groups is 1. The van der Waals surface area contributed by atoms with E-state index in [1.165, 1.54) is 39.0 Å². The number of carbonyl (C=O) groups excluding carboxylic acids is 1. The Kier molecular flexibility index (Phi) is 14.5. The predicted molar refractivity (Wildman–Crippen MR) is 237 cm³/mol. The molecule has 0 aromatic heterocycles. The second kappa shape index (κ2) is 19.9. The largest absolute Gasteiger partial charge is 0.508 e. The van der Waals surface area contributed by atoms with E-state index in [1.54, 1.807) is 6.07 Å². The minimum Gasteiger partial charge on any atom is -0.508 e. The summed E-state index contributed by atoms with van der Waals surface area (Å²) < 4.78 is 0. The third kappa shape index (κ3) is 11.1. The quantitative estimate of drug-likeness (QED) is 0.148. The van der Waals surface area contributed by atoms with Crippen molar-refractivity contribution >= 4 is 11.5 Å². The Morgan fingerprint density at radius 1 is 0.684 bits per heavy atom. The van der Waals surface area contributed by atoms with Crippen LogP contribution in [0.3, 0.4) is 0 Å². The molecule has 0 saturated carbocycles. The average molecular weight is 763 g/mol. The highest BCUT2D eigenvalue weighted by Gasteiger charge is 2.27. The molecule has 5 aromatic carbocycles. The molecule has 0 radical (unpaired) electrons. The maximum Gasteiger partial charge on any atom is 0.253 e. The van der Waals surface area contributed by atoms with Gasteiger partial charge in [-0.2, -0.15) is 0 Å². The maximum atomic E-state index is 12.6. The van der Waals surface area contributed by atoms with Gasteiger partial charge >= 0.3 is 0 Å². The van der Waals surface area contributed by atoms with Crippen LogP contribution in [-0.4, -0.2) is 78.1 Å². The lowest BCUT2D eigenvalue weighted by Gasteiger charge is -2.40. The van der Waals surface area contributed by atoms with Crippen molar-refractivity contribution in [2.24, 2.45) is 0 Å². The summed E-state index contributed by atoms with van der Waals surface area (Å²) in [6.45, 7) is 19.4. The number of phenols is 1. The first-order valence-electron chi connectivity index (χ1n) is 20.9. The summed E-state index contributed by atoms with van der Waals surface area (Å²) in [5, 5.41) is 13.6. The van der Waals surface area contributed by atoms with Gasteiger partial charge in [0.1, 0.15) is 5.75 Å². The number of hydrogen-bond acceptors (Lipinski definition) is 5.